The third kappa shape index (κ3) is 7.23. The number of hydrazine groups is 1. The lowest BCUT2D eigenvalue weighted by atomic mass is 10.1. The normalized spacial score (nSPS) is 10.6. The molecule has 0 radical (unpaired) electrons. The van der Waals surface area contributed by atoms with E-state index in [0.717, 1.165) is 28.9 Å². The molecule has 9 nitrogen and oxygen atoms in total. The number of unbranched alkanes of at least 4 members (excludes halogenated alkanes) is 1. The summed E-state index contributed by atoms with van der Waals surface area (Å²) in [4.78, 5) is 25.9. The Bertz CT molecular complexity index is 1290. The highest BCUT2D eigenvalue weighted by molar-refractivity contribution is 5.95. The molecule has 4 rings (SSSR count). The minimum atomic E-state index is -0.386. The fourth-order valence-corrected chi connectivity index (χ4v) is 3.48. The van der Waals surface area contributed by atoms with Crippen molar-refractivity contribution in [2.75, 3.05) is 6.61 Å². The highest BCUT2D eigenvalue weighted by atomic mass is 16.5. The van der Waals surface area contributed by atoms with E-state index in [0.29, 0.717) is 37.4 Å². The Kier molecular flexibility index (Phi) is 8.37. The van der Waals surface area contributed by atoms with Crippen LogP contribution in [0.2, 0.25) is 0 Å². The molecular weight excluding hydrogens is 456 g/mol. The lowest BCUT2D eigenvalue weighted by Crippen LogP contribution is -2.41. The fraction of sp³-hybridized carbons (Fsp3) is 0.222. The molecule has 1 heterocycles. The van der Waals surface area contributed by atoms with Crippen LogP contribution in [0.1, 0.15) is 40.7 Å². The number of hydrogen-bond donors (Lipinski definition) is 2. The molecule has 0 fully saturated rings. The molecule has 9 heteroatoms. The van der Waals surface area contributed by atoms with E-state index in [1.807, 2.05) is 73.7 Å². The number of tetrazole rings is 1. The highest BCUT2D eigenvalue weighted by Gasteiger charge is 2.09. The van der Waals surface area contributed by atoms with Gasteiger partial charge in [0.2, 0.25) is 11.7 Å². The van der Waals surface area contributed by atoms with Gasteiger partial charge in [-0.2, -0.15) is 4.80 Å². The molecule has 4 aromatic rings. The van der Waals surface area contributed by atoms with Crippen molar-refractivity contribution in [3.8, 4) is 17.1 Å². The molecule has 3 aromatic carbocycles. The molecule has 0 atom stereocenters. The van der Waals surface area contributed by atoms with Crippen LogP contribution in [0.15, 0.2) is 78.9 Å². The van der Waals surface area contributed by atoms with Crippen molar-refractivity contribution in [3.05, 3.63) is 95.6 Å². The highest BCUT2D eigenvalue weighted by Crippen LogP contribution is 2.14. The van der Waals surface area contributed by atoms with Crippen LogP contribution >= 0.6 is 0 Å². The van der Waals surface area contributed by atoms with Crippen LogP contribution in [0.3, 0.4) is 0 Å². The van der Waals surface area contributed by atoms with Gasteiger partial charge in [0.1, 0.15) is 5.75 Å². The summed E-state index contributed by atoms with van der Waals surface area (Å²) >= 11 is 0. The second kappa shape index (κ2) is 12.3. The van der Waals surface area contributed by atoms with Gasteiger partial charge >= 0.3 is 0 Å². The van der Waals surface area contributed by atoms with Crippen LogP contribution in [0.25, 0.3) is 11.4 Å². The van der Waals surface area contributed by atoms with E-state index in [-0.39, 0.29) is 11.8 Å². The van der Waals surface area contributed by atoms with E-state index in [2.05, 4.69) is 26.3 Å². The van der Waals surface area contributed by atoms with E-state index in [9.17, 15) is 9.59 Å². The lowest BCUT2D eigenvalue weighted by Gasteiger charge is -2.09. The molecule has 2 amide bonds. The molecule has 36 heavy (non-hydrogen) atoms. The molecule has 0 aliphatic carbocycles. The summed E-state index contributed by atoms with van der Waals surface area (Å²) in [5.74, 6) is 0.748. The molecule has 0 bridgehead atoms. The van der Waals surface area contributed by atoms with Gasteiger partial charge in [-0.1, -0.05) is 54.6 Å². The number of amides is 2. The Morgan fingerprint density at radius 3 is 2.50 bits per heavy atom. The Hall–Kier alpha value is -4.53. The Morgan fingerprint density at radius 1 is 0.917 bits per heavy atom. The molecular formula is C27H28N6O3. The van der Waals surface area contributed by atoms with E-state index >= 15 is 0 Å². The van der Waals surface area contributed by atoms with E-state index < -0.39 is 0 Å². The first kappa shape index (κ1) is 24.6. The molecule has 0 aliphatic rings. The maximum absolute atomic E-state index is 12.4. The zero-order valence-corrected chi connectivity index (χ0v) is 20.1. The number of nitrogens with one attached hydrogen (secondary N) is 2. The predicted octanol–water partition coefficient (Wildman–Crippen LogP) is 3.71. The van der Waals surface area contributed by atoms with E-state index in [4.69, 9.17) is 4.74 Å². The third-order valence-corrected chi connectivity index (χ3v) is 5.40. The van der Waals surface area contributed by atoms with Crippen LogP contribution in [0, 0.1) is 6.92 Å². The van der Waals surface area contributed by atoms with Gasteiger partial charge in [-0.05, 0) is 60.4 Å². The Morgan fingerprint density at radius 2 is 1.72 bits per heavy atom. The first-order valence-electron chi connectivity index (χ1n) is 11.8. The second-order valence-corrected chi connectivity index (χ2v) is 8.33. The molecule has 0 aliphatic heterocycles. The quantitative estimate of drug-likeness (QED) is 0.262. The maximum atomic E-state index is 12.4. The molecule has 1 aromatic heterocycles. The smallest absolute Gasteiger partial charge is 0.269 e. The van der Waals surface area contributed by atoms with Gasteiger partial charge < -0.3 is 4.74 Å². The van der Waals surface area contributed by atoms with Crippen molar-refractivity contribution in [1.29, 1.82) is 0 Å². The summed E-state index contributed by atoms with van der Waals surface area (Å²) in [5.41, 5.74) is 8.30. The van der Waals surface area contributed by atoms with E-state index in [1.54, 1.807) is 12.1 Å². The van der Waals surface area contributed by atoms with Crippen molar-refractivity contribution in [2.45, 2.75) is 32.7 Å². The first-order valence-corrected chi connectivity index (χ1v) is 11.8. The number of nitrogens with zero attached hydrogens (tertiary/aromatic N) is 4. The minimum absolute atomic E-state index is 0.248. The van der Waals surface area contributed by atoms with Crippen LogP contribution in [0.4, 0.5) is 0 Å². The van der Waals surface area contributed by atoms with Crippen LogP contribution < -0.4 is 15.6 Å². The number of hydrogen-bond acceptors (Lipinski definition) is 6. The molecule has 0 unspecified atom stereocenters. The van der Waals surface area contributed by atoms with Gasteiger partial charge in [-0.15, -0.1) is 10.2 Å². The molecule has 2 N–H and O–H groups in total. The molecule has 0 saturated carbocycles. The average Bonchev–Trinajstić information content (AvgIpc) is 3.36. The van der Waals surface area contributed by atoms with Gasteiger partial charge in [0.15, 0.2) is 0 Å². The van der Waals surface area contributed by atoms with Gasteiger partial charge in [-0.25, -0.2) is 0 Å². The second-order valence-electron chi connectivity index (χ2n) is 8.33. The van der Waals surface area contributed by atoms with E-state index in [1.165, 1.54) is 4.80 Å². The molecule has 0 spiro atoms. The maximum Gasteiger partial charge on any atom is 0.269 e. The number of aromatic nitrogens is 4. The number of rotatable bonds is 10. The van der Waals surface area contributed by atoms with Crippen molar-refractivity contribution >= 4 is 11.8 Å². The van der Waals surface area contributed by atoms with Gasteiger partial charge in [-0.3, -0.25) is 20.4 Å². The van der Waals surface area contributed by atoms with Gasteiger partial charge in [0.05, 0.1) is 13.2 Å². The largest absolute Gasteiger partial charge is 0.494 e. The Labute approximate surface area is 209 Å². The van der Waals surface area contributed by atoms with Crippen molar-refractivity contribution in [2.24, 2.45) is 0 Å². The number of carbonyl (C=O) groups is 2. The van der Waals surface area contributed by atoms with Crippen molar-refractivity contribution < 1.29 is 14.3 Å². The van der Waals surface area contributed by atoms with Gasteiger partial charge in [0.25, 0.3) is 5.91 Å². The number of aryl methyl sites for hydroxylation is 1. The fourth-order valence-electron chi connectivity index (χ4n) is 3.48. The Balaban J connectivity index is 1.16. The summed E-state index contributed by atoms with van der Waals surface area (Å²) in [6.07, 6.45) is 1.70. The predicted molar refractivity (Wildman–Crippen MR) is 135 cm³/mol. The number of carbonyl (C=O) groups excluding carboxylic acids is 2. The van der Waals surface area contributed by atoms with Gasteiger partial charge in [0, 0.05) is 17.5 Å². The number of benzene rings is 3. The topological polar surface area (TPSA) is 111 Å². The lowest BCUT2D eigenvalue weighted by molar-refractivity contribution is -0.122. The van der Waals surface area contributed by atoms with Crippen LogP contribution in [-0.4, -0.2) is 38.6 Å². The standard InChI is InChI=1S/C27H28N6O3/c1-20-8-7-11-24(18-20)36-17-6-5-12-25(34)28-30-27(35)23-15-13-21(14-16-23)19-33-31-26(29-32-33)22-9-3-2-4-10-22/h2-4,7-11,13-16,18H,5-6,12,17,19H2,1H3,(H,28,34)(H,30,35). The summed E-state index contributed by atoms with van der Waals surface area (Å²) in [6, 6.07) is 24.5. The summed E-state index contributed by atoms with van der Waals surface area (Å²) in [6.45, 7) is 2.97. The summed E-state index contributed by atoms with van der Waals surface area (Å²) in [7, 11) is 0. The SMILES string of the molecule is Cc1cccc(OCCCCC(=O)NNC(=O)c2ccc(Cn3nnc(-c4ccccc4)n3)cc2)c1. The van der Waals surface area contributed by atoms with Crippen molar-refractivity contribution in [3.63, 3.8) is 0 Å². The van der Waals surface area contributed by atoms with Crippen LogP contribution in [0.5, 0.6) is 5.75 Å². The number of ether oxygens (including phenoxy) is 1. The zero-order valence-electron chi connectivity index (χ0n) is 20.1. The minimum Gasteiger partial charge on any atom is -0.494 e. The average molecular weight is 485 g/mol. The van der Waals surface area contributed by atoms with Crippen molar-refractivity contribution in [1.82, 2.24) is 31.1 Å². The first-order chi connectivity index (χ1) is 17.6. The molecule has 0 saturated heterocycles. The zero-order chi connectivity index (χ0) is 25.2. The monoisotopic (exact) mass is 484 g/mol. The summed E-state index contributed by atoms with van der Waals surface area (Å²) in [5, 5.41) is 12.6. The molecule has 184 valence electrons. The summed E-state index contributed by atoms with van der Waals surface area (Å²) < 4.78 is 5.68. The van der Waals surface area contributed by atoms with Crippen LogP contribution in [-0.2, 0) is 11.3 Å². The third-order valence-electron chi connectivity index (χ3n) is 5.40.